The van der Waals surface area contributed by atoms with Crippen LogP contribution in [-0.4, -0.2) is 11.1 Å². The van der Waals surface area contributed by atoms with Gasteiger partial charge < -0.3 is 5.11 Å². The lowest BCUT2D eigenvalue weighted by atomic mass is 10.1. The normalized spacial score (nSPS) is 9.36. The molecular weight excluding hydrogens is 176 g/mol. The van der Waals surface area contributed by atoms with Gasteiger partial charge in [-0.2, -0.15) is 0 Å². The standard InChI is InChI=1S/C10H10O2.C2H6/c1-8-3-2-4-9(7-8)5-6-10(11)12;1-2/h2-7H,1H3,(H,11,12);1-2H3/b6-5+;. The minimum Gasteiger partial charge on any atom is -0.478 e. The maximum Gasteiger partial charge on any atom is 0.328 e. The molecule has 2 heteroatoms. The van der Waals surface area contributed by atoms with E-state index in [9.17, 15) is 4.79 Å². The van der Waals surface area contributed by atoms with Crippen LogP contribution in [0.2, 0.25) is 0 Å². The Bertz CT molecular complexity index is 314. The average Bonchev–Trinajstić information content (AvgIpc) is 2.18. The molecule has 0 atom stereocenters. The van der Waals surface area contributed by atoms with E-state index < -0.39 is 5.97 Å². The first-order valence-electron chi connectivity index (χ1n) is 4.66. The summed E-state index contributed by atoms with van der Waals surface area (Å²) in [7, 11) is 0. The molecule has 2 nitrogen and oxygen atoms in total. The highest BCUT2D eigenvalue weighted by Gasteiger charge is 1.89. The quantitative estimate of drug-likeness (QED) is 0.731. The first-order valence-corrected chi connectivity index (χ1v) is 4.66. The molecule has 0 fully saturated rings. The van der Waals surface area contributed by atoms with Gasteiger partial charge in [0.05, 0.1) is 0 Å². The third kappa shape index (κ3) is 5.14. The summed E-state index contributed by atoms with van der Waals surface area (Å²) in [6.45, 7) is 5.97. The molecule has 0 spiro atoms. The zero-order chi connectivity index (χ0) is 11.0. The lowest BCUT2D eigenvalue weighted by Gasteiger charge is -1.93. The highest BCUT2D eigenvalue weighted by atomic mass is 16.4. The van der Waals surface area contributed by atoms with Crippen molar-refractivity contribution in [1.29, 1.82) is 0 Å². The number of hydrogen-bond acceptors (Lipinski definition) is 1. The zero-order valence-corrected chi connectivity index (χ0v) is 8.82. The number of carboxylic acids is 1. The highest BCUT2D eigenvalue weighted by molar-refractivity contribution is 5.85. The molecule has 0 aliphatic heterocycles. The lowest BCUT2D eigenvalue weighted by molar-refractivity contribution is -0.131. The summed E-state index contributed by atoms with van der Waals surface area (Å²) in [5.41, 5.74) is 2.04. The summed E-state index contributed by atoms with van der Waals surface area (Å²) < 4.78 is 0. The number of carbonyl (C=O) groups is 1. The molecule has 14 heavy (non-hydrogen) atoms. The SMILES string of the molecule is CC.Cc1cccc(/C=C/C(=O)O)c1. The maximum absolute atomic E-state index is 10.2. The van der Waals surface area contributed by atoms with E-state index >= 15 is 0 Å². The van der Waals surface area contributed by atoms with Gasteiger partial charge in [-0.3, -0.25) is 0 Å². The van der Waals surface area contributed by atoms with Crippen LogP contribution in [0.15, 0.2) is 30.3 Å². The van der Waals surface area contributed by atoms with Crippen molar-refractivity contribution in [2.24, 2.45) is 0 Å². The van der Waals surface area contributed by atoms with Gasteiger partial charge in [0, 0.05) is 6.08 Å². The smallest absolute Gasteiger partial charge is 0.328 e. The fraction of sp³-hybridized carbons (Fsp3) is 0.250. The van der Waals surface area contributed by atoms with E-state index in [1.165, 1.54) is 0 Å². The Hall–Kier alpha value is -1.57. The Morgan fingerprint density at radius 3 is 2.50 bits per heavy atom. The molecule has 0 bridgehead atoms. The van der Waals surface area contributed by atoms with Crippen LogP contribution in [0.5, 0.6) is 0 Å². The first-order chi connectivity index (χ1) is 6.68. The molecule has 0 saturated heterocycles. The van der Waals surface area contributed by atoms with Crippen LogP contribution in [0, 0.1) is 6.92 Å². The van der Waals surface area contributed by atoms with Crippen LogP contribution >= 0.6 is 0 Å². The molecule has 0 aromatic heterocycles. The average molecular weight is 192 g/mol. The molecule has 1 aromatic rings. The molecule has 0 aliphatic rings. The van der Waals surface area contributed by atoms with E-state index in [-0.39, 0.29) is 0 Å². The number of aryl methyl sites for hydroxylation is 1. The van der Waals surface area contributed by atoms with Gasteiger partial charge in [-0.15, -0.1) is 0 Å². The van der Waals surface area contributed by atoms with Crippen molar-refractivity contribution in [3.05, 3.63) is 41.5 Å². The van der Waals surface area contributed by atoms with Crippen molar-refractivity contribution >= 4 is 12.0 Å². The molecule has 0 saturated carbocycles. The number of rotatable bonds is 2. The summed E-state index contributed by atoms with van der Waals surface area (Å²) in [4.78, 5) is 10.2. The predicted octanol–water partition coefficient (Wildman–Crippen LogP) is 3.12. The molecular formula is C12H16O2. The molecule has 0 amide bonds. The Labute approximate surface area is 84.9 Å². The third-order valence-corrected chi connectivity index (χ3v) is 1.46. The van der Waals surface area contributed by atoms with E-state index in [0.29, 0.717) is 0 Å². The number of benzene rings is 1. The van der Waals surface area contributed by atoms with E-state index in [1.807, 2.05) is 45.0 Å². The van der Waals surface area contributed by atoms with Gasteiger partial charge in [-0.25, -0.2) is 4.79 Å². The van der Waals surface area contributed by atoms with Crippen LogP contribution in [0.25, 0.3) is 6.08 Å². The van der Waals surface area contributed by atoms with Crippen LogP contribution < -0.4 is 0 Å². The molecule has 0 aliphatic carbocycles. The molecule has 1 aromatic carbocycles. The summed E-state index contributed by atoms with van der Waals surface area (Å²) >= 11 is 0. The molecule has 0 unspecified atom stereocenters. The van der Waals surface area contributed by atoms with Crippen molar-refractivity contribution in [1.82, 2.24) is 0 Å². The largest absolute Gasteiger partial charge is 0.478 e. The molecule has 1 N–H and O–H groups in total. The minimum absolute atomic E-state index is 0.914. The number of aliphatic carboxylic acids is 1. The first kappa shape index (κ1) is 12.4. The molecule has 76 valence electrons. The second-order valence-corrected chi connectivity index (χ2v) is 2.59. The number of hydrogen-bond donors (Lipinski definition) is 1. The van der Waals surface area contributed by atoms with Gasteiger partial charge in [0.1, 0.15) is 0 Å². The van der Waals surface area contributed by atoms with Crippen LogP contribution in [-0.2, 0) is 4.79 Å². The Morgan fingerprint density at radius 1 is 1.36 bits per heavy atom. The van der Waals surface area contributed by atoms with E-state index in [2.05, 4.69) is 0 Å². The molecule has 1 rings (SSSR count). The fourth-order valence-corrected chi connectivity index (χ4v) is 0.941. The molecule has 0 heterocycles. The lowest BCUT2D eigenvalue weighted by Crippen LogP contribution is -1.85. The maximum atomic E-state index is 10.2. The third-order valence-electron chi connectivity index (χ3n) is 1.46. The van der Waals surface area contributed by atoms with Crippen molar-refractivity contribution in [3.63, 3.8) is 0 Å². The van der Waals surface area contributed by atoms with E-state index in [4.69, 9.17) is 5.11 Å². The van der Waals surface area contributed by atoms with Crippen LogP contribution in [0.4, 0.5) is 0 Å². The van der Waals surface area contributed by atoms with Gasteiger partial charge in [0.2, 0.25) is 0 Å². The Balaban J connectivity index is 0.000000791. The van der Waals surface area contributed by atoms with Gasteiger partial charge in [0.25, 0.3) is 0 Å². The van der Waals surface area contributed by atoms with E-state index in [0.717, 1.165) is 17.2 Å². The van der Waals surface area contributed by atoms with Crippen LogP contribution in [0.3, 0.4) is 0 Å². The summed E-state index contributed by atoms with van der Waals surface area (Å²) in [5.74, 6) is -0.920. The van der Waals surface area contributed by atoms with Gasteiger partial charge >= 0.3 is 5.97 Å². The minimum atomic E-state index is -0.920. The second kappa shape index (κ2) is 6.89. The zero-order valence-electron chi connectivity index (χ0n) is 8.82. The summed E-state index contributed by atoms with van der Waals surface area (Å²) in [5, 5.41) is 8.36. The second-order valence-electron chi connectivity index (χ2n) is 2.59. The van der Waals surface area contributed by atoms with Crippen molar-refractivity contribution in [2.45, 2.75) is 20.8 Å². The summed E-state index contributed by atoms with van der Waals surface area (Å²) in [6.07, 6.45) is 2.71. The fourth-order valence-electron chi connectivity index (χ4n) is 0.941. The van der Waals surface area contributed by atoms with Crippen LogP contribution in [0.1, 0.15) is 25.0 Å². The topological polar surface area (TPSA) is 37.3 Å². The Morgan fingerprint density at radius 2 is 2.00 bits per heavy atom. The highest BCUT2D eigenvalue weighted by Crippen LogP contribution is 2.05. The van der Waals surface area contributed by atoms with Crippen molar-refractivity contribution < 1.29 is 9.90 Å². The van der Waals surface area contributed by atoms with Gasteiger partial charge in [-0.1, -0.05) is 43.7 Å². The van der Waals surface area contributed by atoms with Crippen molar-refractivity contribution in [2.75, 3.05) is 0 Å². The van der Waals surface area contributed by atoms with E-state index in [1.54, 1.807) is 6.08 Å². The predicted molar refractivity (Wildman–Crippen MR) is 59.2 cm³/mol. The monoisotopic (exact) mass is 192 g/mol. The number of carboxylic acid groups (broad SMARTS) is 1. The van der Waals surface area contributed by atoms with Gasteiger partial charge in [0.15, 0.2) is 0 Å². The van der Waals surface area contributed by atoms with Gasteiger partial charge in [-0.05, 0) is 18.6 Å². The summed E-state index contributed by atoms with van der Waals surface area (Å²) in [6, 6.07) is 7.67. The Kier molecular flexibility index (Phi) is 6.12. The molecule has 0 radical (unpaired) electrons. The van der Waals surface area contributed by atoms with Crippen molar-refractivity contribution in [3.8, 4) is 0 Å².